The third kappa shape index (κ3) is 68.2. The molecule has 0 aromatic carbocycles. The van der Waals surface area contributed by atoms with Gasteiger partial charge in [-0.25, -0.2) is 0 Å². The molecular formula is H4LiMoO3PVZn-6. The summed E-state index contributed by atoms with van der Waals surface area (Å²) in [4.78, 5) is 0. The molecule has 0 fully saturated rings. The van der Waals surface area contributed by atoms with Gasteiger partial charge in [-0.15, -0.1) is 0 Å². The summed E-state index contributed by atoms with van der Waals surface area (Å²) in [5, 5.41) is 0. The zero-order valence-corrected chi connectivity index (χ0v) is 12.3. The summed E-state index contributed by atoms with van der Waals surface area (Å²) >= 11 is 0. The van der Waals surface area contributed by atoms with Gasteiger partial charge in [-0.05, 0) is 0 Å². The van der Waals surface area contributed by atoms with Crippen molar-refractivity contribution in [3.05, 3.63) is 0 Å². The molecule has 0 aliphatic carbocycles. The maximum atomic E-state index is 0. The molecule has 0 heterocycles. The van der Waals surface area contributed by atoms with E-state index in [1.54, 1.807) is 0 Å². The summed E-state index contributed by atoms with van der Waals surface area (Å²) in [6.07, 6.45) is 0. The molecule has 8 heteroatoms. The molecule has 0 amide bonds. The van der Waals surface area contributed by atoms with Crippen molar-refractivity contribution in [3.8, 4) is 0 Å². The van der Waals surface area contributed by atoms with Crippen LogP contribution >= 0.6 is 9.90 Å². The maximum Gasteiger partial charge on any atom is 1.00 e. The smallest absolute Gasteiger partial charge is 1.00 e. The number of hydrogen-bond donors (Lipinski definition) is 0. The Kier molecular flexibility index (Phi) is 1600. The van der Waals surface area contributed by atoms with Gasteiger partial charge in [0.15, 0.2) is 0 Å². The summed E-state index contributed by atoms with van der Waals surface area (Å²) in [6, 6.07) is 0. The Labute approximate surface area is 105 Å². The van der Waals surface area contributed by atoms with E-state index in [9.17, 15) is 0 Å². The first-order chi connectivity index (χ1) is 0. The molecule has 1 atom stereocenters. The van der Waals surface area contributed by atoms with Crippen molar-refractivity contribution < 1.29 is 95.8 Å². The quantitative estimate of drug-likeness (QED) is 0.334. The van der Waals surface area contributed by atoms with E-state index in [1.165, 1.54) is 0 Å². The van der Waals surface area contributed by atoms with Crippen molar-refractivity contribution in [2.45, 2.75) is 0 Å². The second-order valence-corrected chi connectivity index (χ2v) is 0. The third-order valence-corrected chi connectivity index (χ3v) is 0. The summed E-state index contributed by atoms with van der Waals surface area (Å²) in [5.74, 6) is 0. The van der Waals surface area contributed by atoms with Crippen molar-refractivity contribution in [1.82, 2.24) is 0 Å². The van der Waals surface area contributed by atoms with Crippen molar-refractivity contribution >= 4 is 9.90 Å². The van der Waals surface area contributed by atoms with E-state index in [-0.39, 0.29) is 106 Å². The van der Waals surface area contributed by atoms with Crippen LogP contribution in [0.5, 0.6) is 0 Å². The summed E-state index contributed by atoms with van der Waals surface area (Å²) in [6.45, 7) is 0. The fourth-order valence-electron chi connectivity index (χ4n) is 0. The molecule has 0 N–H and O–H groups in total. The Hall–Kier alpha value is 2.80. The van der Waals surface area contributed by atoms with E-state index in [1.807, 2.05) is 0 Å². The molecule has 0 aromatic rings. The Morgan fingerprint density at radius 3 is 0.875 bits per heavy atom. The standard InChI is InChI=1S/Li.Mo.3O.H3P.V.Zn.H/h;;;;;1H3;;;/q+1;;3*-2;;;;-1. The van der Waals surface area contributed by atoms with Gasteiger partial charge in [0.1, 0.15) is 0 Å². The van der Waals surface area contributed by atoms with Gasteiger partial charge in [-0.3, -0.25) is 0 Å². The van der Waals surface area contributed by atoms with Crippen LogP contribution in [-0.2, 0) is 75.5 Å². The molecule has 0 aliphatic rings. The van der Waals surface area contributed by atoms with E-state index in [0.29, 0.717) is 0 Å². The maximum absolute atomic E-state index is 0. The van der Waals surface area contributed by atoms with Crippen LogP contribution in [0.2, 0.25) is 0 Å². The topological polar surface area (TPSA) is 85.5 Å². The molecule has 0 saturated heterocycles. The van der Waals surface area contributed by atoms with Gasteiger partial charge in [0, 0.05) is 59.1 Å². The first-order valence-electron chi connectivity index (χ1n) is 0. The molecule has 0 bridgehead atoms. The van der Waals surface area contributed by atoms with Crippen LogP contribution in [0.3, 0.4) is 0 Å². The van der Waals surface area contributed by atoms with Crippen LogP contribution in [0, 0.1) is 0 Å². The molecule has 1 radical (unpaired) electrons. The molecule has 0 rings (SSSR count). The van der Waals surface area contributed by atoms with Gasteiger partial charge in [0.2, 0.25) is 0 Å². The molecule has 0 aromatic heterocycles. The first kappa shape index (κ1) is 132. The molecule has 0 spiro atoms. The first-order valence-corrected chi connectivity index (χ1v) is 0. The number of rotatable bonds is 0. The second kappa shape index (κ2) is 96.7. The SMILES string of the molecule is P.[H-].[Li+].[Mo].[O-2].[O-2].[O-2].[V].[Zn]. The summed E-state index contributed by atoms with van der Waals surface area (Å²) < 4.78 is 0. The predicted molar refractivity (Wildman–Crippen MR) is 14.3 cm³/mol. The van der Waals surface area contributed by atoms with E-state index < -0.39 is 0 Å². The second-order valence-electron chi connectivity index (χ2n) is 0. The van der Waals surface area contributed by atoms with Gasteiger partial charge in [-0.2, -0.15) is 9.90 Å². The van der Waals surface area contributed by atoms with Crippen LogP contribution < -0.4 is 18.9 Å². The minimum absolute atomic E-state index is 0. The van der Waals surface area contributed by atoms with E-state index in [2.05, 4.69) is 0 Å². The van der Waals surface area contributed by atoms with Crippen molar-refractivity contribution in [2.24, 2.45) is 0 Å². The fourth-order valence-corrected chi connectivity index (χ4v) is 0. The molecule has 1 unspecified atom stereocenters. The van der Waals surface area contributed by atoms with Crippen LogP contribution in [0.1, 0.15) is 1.43 Å². The Morgan fingerprint density at radius 2 is 0.875 bits per heavy atom. The monoisotopic (exact) mass is 303 g/mol. The molecule has 3 nitrogen and oxygen atoms in total. The molecule has 0 aliphatic heterocycles. The Bertz CT molecular complexity index is 23.8. The predicted octanol–water partition coefficient (Wildman–Crippen LogP) is -3.19. The summed E-state index contributed by atoms with van der Waals surface area (Å²) in [5.41, 5.74) is 0. The van der Waals surface area contributed by atoms with Crippen molar-refractivity contribution in [3.63, 3.8) is 0 Å². The zero-order valence-electron chi connectivity index (χ0n) is 5.49. The fraction of sp³-hybridized carbons (Fsp3) is 0. The Morgan fingerprint density at radius 1 is 0.875 bits per heavy atom. The largest absolute Gasteiger partial charge is 2.00 e. The van der Waals surface area contributed by atoms with Crippen molar-refractivity contribution in [2.75, 3.05) is 0 Å². The zero-order chi connectivity index (χ0) is 0. The van der Waals surface area contributed by atoms with E-state index in [0.717, 1.165) is 0 Å². The van der Waals surface area contributed by atoms with Gasteiger partial charge in [-0.1, -0.05) is 0 Å². The average Bonchev–Trinajstić information content (AvgIpc) is 0. The third-order valence-electron chi connectivity index (χ3n) is 0. The van der Waals surface area contributed by atoms with Crippen molar-refractivity contribution in [1.29, 1.82) is 0 Å². The van der Waals surface area contributed by atoms with Gasteiger partial charge in [0.05, 0.1) is 0 Å². The van der Waals surface area contributed by atoms with Gasteiger partial charge in [0.25, 0.3) is 0 Å². The number of hydrogen-bond acceptors (Lipinski definition) is 0. The molecule has 8 heavy (non-hydrogen) atoms. The molecular weight excluding hydrogens is 298 g/mol. The average molecular weight is 302 g/mol. The minimum atomic E-state index is 0. The minimum Gasteiger partial charge on any atom is -2.00 e. The van der Waals surface area contributed by atoms with Gasteiger partial charge < -0.3 is 17.9 Å². The van der Waals surface area contributed by atoms with Crippen LogP contribution in [0.4, 0.5) is 0 Å². The van der Waals surface area contributed by atoms with Crippen LogP contribution in [0.25, 0.3) is 0 Å². The van der Waals surface area contributed by atoms with Crippen LogP contribution in [0.15, 0.2) is 0 Å². The normalized spacial score (nSPS) is 0. The van der Waals surface area contributed by atoms with E-state index in [4.69, 9.17) is 0 Å². The van der Waals surface area contributed by atoms with Crippen LogP contribution in [-0.4, -0.2) is 0 Å². The molecule has 0 saturated carbocycles. The van der Waals surface area contributed by atoms with Gasteiger partial charge >= 0.3 is 18.9 Å². The summed E-state index contributed by atoms with van der Waals surface area (Å²) in [7, 11) is 0. The Balaban J connectivity index is 0. The molecule has 47 valence electrons. The van der Waals surface area contributed by atoms with E-state index >= 15 is 0 Å².